The molecule has 5 heteroatoms. The predicted molar refractivity (Wildman–Crippen MR) is 117 cm³/mol. The number of hydrogen-bond donors (Lipinski definition) is 2. The summed E-state index contributed by atoms with van der Waals surface area (Å²) in [6, 6.07) is 12.4. The van der Waals surface area contributed by atoms with E-state index < -0.39 is 5.60 Å². The number of piperidine rings is 1. The van der Waals surface area contributed by atoms with Gasteiger partial charge >= 0.3 is 0 Å². The molecule has 2 N–H and O–H groups in total. The van der Waals surface area contributed by atoms with Crippen molar-refractivity contribution in [3.63, 3.8) is 0 Å². The molecule has 1 saturated heterocycles. The number of nitrogens with zero attached hydrogens (tertiary/aromatic N) is 1. The van der Waals surface area contributed by atoms with Gasteiger partial charge in [0.1, 0.15) is 5.82 Å². The molecule has 2 aromatic rings. The third-order valence-electron chi connectivity index (χ3n) is 6.89. The van der Waals surface area contributed by atoms with Crippen LogP contribution >= 0.6 is 0 Å². The molecule has 1 heterocycles. The second-order valence-electron chi connectivity index (χ2n) is 9.04. The van der Waals surface area contributed by atoms with Crippen LogP contribution in [0, 0.1) is 25.6 Å². The topological polar surface area (TPSA) is 52.6 Å². The van der Waals surface area contributed by atoms with Gasteiger partial charge in [-0.3, -0.25) is 9.69 Å². The van der Waals surface area contributed by atoms with E-state index in [0.29, 0.717) is 13.0 Å². The van der Waals surface area contributed by atoms with Crippen molar-refractivity contribution in [2.45, 2.75) is 57.6 Å². The Labute approximate surface area is 178 Å². The second-order valence-corrected chi connectivity index (χ2v) is 9.04. The molecular weight excluding hydrogens is 379 g/mol. The van der Waals surface area contributed by atoms with Crippen LogP contribution in [-0.2, 0) is 4.79 Å². The molecule has 0 spiro atoms. The molecule has 0 radical (unpaired) electrons. The molecular formula is C25H31FN2O2. The zero-order chi connectivity index (χ0) is 21.3. The Morgan fingerprint density at radius 2 is 1.93 bits per heavy atom. The van der Waals surface area contributed by atoms with Gasteiger partial charge in [0.15, 0.2) is 0 Å². The van der Waals surface area contributed by atoms with Crippen molar-refractivity contribution in [1.82, 2.24) is 4.90 Å². The average molecular weight is 411 g/mol. The summed E-state index contributed by atoms with van der Waals surface area (Å²) in [7, 11) is 0. The first-order chi connectivity index (χ1) is 14.4. The fourth-order valence-electron chi connectivity index (χ4n) is 5.35. The molecule has 2 fully saturated rings. The van der Waals surface area contributed by atoms with Crippen LogP contribution in [0.5, 0.6) is 0 Å². The summed E-state index contributed by atoms with van der Waals surface area (Å²) in [5.74, 6) is -0.276. The number of anilines is 1. The number of fused-ring (bicyclic) bond motifs is 1. The minimum absolute atomic E-state index is 0.0550. The average Bonchev–Trinajstić information content (AvgIpc) is 2.71. The molecule has 2 aromatic carbocycles. The lowest BCUT2D eigenvalue weighted by atomic mass is 9.66. The second kappa shape index (κ2) is 8.48. The molecule has 30 heavy (non-hydrogen) atoms. The van der Waals surface area contributed by atoms with Crippen molar-refractivity contribution in [1.29, 1.82) is 0 Å². The largest absolute Gasteiger partial charge is 0.389 e. The van der Waals surface area contributed by atoms with E-state index in [0.717, 1.165) is 48.1 Å². The predicted octanol–water partition coefficient (Wildman–Crippen LogP) is 4.75. The van der Waals surface area contributed by atoms with E-state index >= 15 is 0 Å². The van der Waals surface area contributed by atoms with Crippen molar-refractivity contribution >= 4 is 11.6 Å². The lowest BCUT2D eigenvalue weighted by molar-refractivity contribution is -0.135. The van der Waals surface area contributed by atoms with Crippen molar-refractivity contribution in [3.8, 4) is 0 Å². The van der Waals surface area contributed by atoms with Crippen LogP contribution in [0.15, 0.2) is 42.5 Å². The molecule has 1 saturated carbocycles. The number of aryl methyl sites for hydroxylation is 2. The maximum absolute atomic E-state index is 13.6. The molecule has 160 valence electrons. The zero-order valence-corrected chi connectivity index (χ0v) is 17.8. The quantitative estimate of drug-likeness (QED) is 0.765. The minimum Gasteiger partial charge on any atom is -0.389 e. The fraction of sp³-hybridized carbons (Fsp3) is 0.480. The van der Waals surface area contributed by atoms with Gasteiger partial charge in [-0.15, -0.1) is 0 Å². The Morgan fingerprint density at radius 3 is 2.67 bits per heavy atom. The number of halogens is 1. The molecule has 1 aliphatic carbocycles. The number of carbonyl (C=O) groups excluding carboxylic acids is 1. The molecule has 4 rings (SSSR count). The van der Waals surface area contributed by atoms with Crippen LogP contribution in [0.25, 0.3) is 0 Å². The Kier molecular flexibility index (Phi) is 5.94. The number of aliphatic hydroxyl groups is 1. The van der Waals surface area contributed by atoms with Crippen LogP contribution in [-0.4, -0.2) is 34.6 Å². The molecule has 2 aliphatic rings. The van der Waals surface area contributed by atoms with Gasteiger partial charge in [0.05, 0.1) is 12.1 Å². The van der Waals surface area contributed by atoms with Crippen molar-refractivity contribution in [2.75, 3.05) is 18.4 Å². The highest BCUT2D eigenvalue weighted by Crippen LogP contribution is 2.49. The van der Waals surface area contributed by atoms with Gasteiger partial charge in [0, 0.05) is 24.2 Å². The number of rotatable bonds is 4. The highest BCUT2D eigenvalue weighted by molar-refractivity contribution is 5.93. The van der Waals surface area contributed by atoms with Gasteiger partial charge in [-0.05, 0) is 62.4 Å². The minimum atomic E-state index is -0.697. The maximum atomic E-state index is 13.6. The number of benzene rings is 2. The summed E-state index contributed by atoms with van der Waals surface area (Å²) in [6.07, 6.45) is 4.52. The van der Waals surface area contributed by atoms with Crippen molar-refractivity contribution < 1.29 is 14.3 Å². The summed E-state index contributed by atoms with van der Waals surface area (Å²) in [4.78, 5) is 15.1. The van der Waals surface area contributed by atoms with E-state index in [1.165, 1.54) is 12.1 Å². The molecule has 3 atom stereocenters. The van der Waals surface area contributed by atoms with Crippen molar-refractivity contribution in [3.05, 3.63) is 65.0 Å². The lowest BCUT2D eigenvalue weighted by Crippen LogP contribution is -2.56. The van der Waals surface area contributed by atoms with Gasteiger partial charge in [-0.2, -0.15) is 0 Å². The third kappa shape index (κ3) is 4.28. The monoisotopic (exact) mass is 410 g/mol. The Bertz CT molecular complexity index is 914. The Balaban J connectivity index is 1.57. The van der Waals surface area contributed by atoms with Crippen LogP contribution in [0.4, 0.5) is 10.1 Å². The van der Waals surface area contributed by atoms with Gasteiger partial charge in [0.2, 0.25) is 5.91 Å². The third-order valence-corrected chi connectivity index (χ3v) is 6.89. The zero-order valence-electron chi connectivity index (χ0n) is 17.8. The SMILES string of the molecule is Cc1ccc(NC(=O)CN2CC[C@@]3(O)CCCC[C@H]3C2c2ccc(F)cc2)c(C)c1. The van der Waals surface area contributed by atoms with Gasteiger partial charge in [-0.1, -0.05) is 42.7 Å². The number of nitrogens with one attached hydrogen (secondary N) is 1. The normalized spacial score (nSPS) is 26.8. The number of hydrogen-bond acceptors (Lipinski definition) is 3. The van der Waals surface area contributed by atoms with Crippen LogP contribution in [0.1, 0.15) is 54.8 Å². The van der Waals surface area contributed by atoms with Crippen LogP contribution in [0.3, 0.4) is 0 Å². The van der Waals surface area contributed by atoms with E-state index in [9.17, 15) is 14.3 Å². The first-order valence-corrected chi connectivity index (χ1v) is 10.9. The standard InChI is InChI=1S/C25H31FN2O2/c1-17-6-11-22(18(2)15-17)27-23(29)16-28-14-13-25(30)12-4-3-5-21(25)24(28)19-7-9-20(26)10-8-19/h6-11,15,21,24,30H,3-5,12-14,16H2,1-2H3,(H,27,29)/t21-,24?,25-/m0/s1. The lowest BCUT2D eigenvalue weighted by Gasteiger charge is -2.52. The Morgan fingerprint density at radius 1 is 1.17 bits per heavy atom. The van der Waals surface area contributed by atoms with E-state index in [1.54, 1.807) is 12.1 Å². The molecule has 0 aromatic heterocycles. The number of carbonyl (C=O) groups is 1. The van der Waals surface area contributed by atoms with E-state index in [4.69, 9.17) is 0 Å². The van der Waals surface area contributed by atoms with Crippen molar-refractivity contribution in [2.24, 2.45) is 5.92 Å². The van der Waals surface area contributed by atoms with Crippen LogP contribution in [0.2, 0.25) is 0 Å². The smallest absolute Gasteiger partial charge is 0.238 e. The van der Waals surface area contributed by atoms with E-state index in [-0.39, 0.29) is 30.2 Å². The van der Waals surface area contributed by atoms with Crippen LogP contribution < -0.4 is 5.32 Å². The summed E-state index contributed by atoms with van der Waals surface area (Å²) < 4.78 is 13.6. The maximum Gasteiger partial charge on any atom is 0.238 e. The molecule has 0 bridgehead atoms. The molecule has 1 amide bonds. The summed E-state index contributed by atoms with van der Waals surface area (Å²) in [5, 5.41) is 14.4. The summed E-state index contributed by atoms with van der Waals surface area (Å²) in [5.41, 5.74) is 3.31. The highest BCUT2D eigenvalue weighted by atomic mass is 19.1. The molecule has 1 aliphatic heterocycles. The van der Waals surface area contributed by atoms with Gasteiger partial charge in [-0.25, -0.2) is 4.39 Å². The molecule has 4 nitrogen and oxygen atoms in total. The first-order valence-electron chi connectivity index (χ1n) is 10.9. The highest BCUT2D eigenvalue weighted by Gasteiger charge is 2.49. The van der Waals surface area contributed by atoms with E-state index in [2.05, 4.69) is 16.3 Å². The molecule has 1 unspecified atom stereocenters. The summed E-state index contributed by atoms with van der Waals surface area (Å²) in [6.45, 7) is 4.93. The fourth-order valence-corrected chi connectivity index (χ4v) is 5.35. The number of likely N-dealkylation sites (tertiary alicyclic amines) is 1. The Hall–Kier alpha value is -2.24. The van der Waals surface area contributed by atoms with E-state index in [1.807, 2.05) is 26.0 Å². The number of amides is 1. The van der Waals surface area contributed by atoms with Gasteiger partial charge < -0.3 is 10.4 Å². The van der Waals surface area contributed by atoms with Gasteiger partial charge in [0.25, 0.3) is 0 Å². The summed E-state index contributed by atoms with van der Waals surface area (Å²) >= 11 is 0. The first kappa shape index (κ1) is 21.0.